The number of hydrogen-bond acceptors (Lipinski definition) is 1. The Morgan fingerprint density at radius 3 is 2.58 bits per heavy atom. The fourth-order valence-corrected chi connectivity index (χ4v) is 1.32. The zero-order valence-corrected chi connectivity index (χ0v) is 7.42. The summed E-state index contributed by atoms with van der Waals surface area (Å²) < 4.78 is 5.15. The third-order valence-electron chi connectivity index (χ3n) is 2.28. The number of rotatable bonds is 3. The topological polar surface area (TPSA) is 12.5 Å². The Kier molecular flexibility index (Phi) is 2.13. The highest BCUT2D eigenvalue weighted by atomic mass is 16.6. The minimum Gasteiger partial charge on any atom is -0.373 e. The molecule has 0 spiro atoms. The fraction of sp³-hybridized carbons (Fsp3) is 0.455. The molecule has 1 aromatic rings. The summed E-state index contributed by atoms with van der Waals surface area (Å²) in [6.45, 7) is 3.10. The van der Waals surface area contributed by atoms with Crippen LogP contribution in [0.3, 0.4) is 0 Å². The van der Waals surface area contributed by atoms with Crippen molar-refractivity contribution in [3.05, 3.63) is 35.4 Å². The molecule has 1 aliphatic rings. The van der Waals surface area contributed by atoms with Gasteiger partial charge in [0.25, 0.3) is 0 Å². The maximum atomic E-state index is 5.15. The van der Waals surface area contributed by atoms with Gasteiger partial charge in [-0.05, 0) is 25.3 Å². The molecule has 1 heteroatoms. The fourth-order valence-electron chi connectivity index (χ4n) is 1.32. The van der Waals surface area contributed by atoms with Gasteiger partial charge >= 0.3 is 0 Å². The van der Waals surface area contributed by atoms with E-state index in [-0.39, 0.29) is 0 Å². The van der Waals surface area contributed by atoms with E-state index in [2.05, 4.69) is 31.2 Å². The molecule has 1 heterocycles. The standard InChI is InChI=1S/C11H14O/c1-9-2-4-10(5-3-9)6-7-11-8-12-11/h2-5,11H,6-8H2,1H3. The molecule has 12 heavy (non-hydrogen) atoms. The predicted octanol–water partition coefficient (Wildman–Crippen LogP) is 2.33. The van der Waals surface area contributed by atoms with Gasteiger partial charge in [-0.1, -0.05) is 29.8 Å². The quantitative estimate of drug-likeness (QED) is 0.621. The summed E-state index contributed by atoms with van der Waals surface area (Å²) in [6, 6.07) is 8.75. The van der Waals surface area contributed by atoms with Crippen LogP contribution in [-0.2, 0) is 11.2 Å². The number of aryl methyl sites for hydroxylation is 2. The Morgan fingerprint density at radius 1 is 1.33 bits per heavy atom. The van der Waals surface area contributed by atoms with E-state index in [1.165, 1.54) is 17.5 Å². The molecule has 0 aliphatic carbocycles. The molecule has 1 nitrogen and oxygen atoms in total. The lowest BCUT2D eigenvalue weighted by molar-refractivity contribution is 0.397. The molecule has 0 bridgehead atoms. The lowest BCUT2D eigenvalue weighted by atomic mass is 10.1. The van der Waals surface area contributed by atoms with E-state index in [0.29, 0.717) is 6.10 Å². The van der Waals surface area contributed by atoms with E-state index in [4.69, 9.17) is 4.74 Å². The predicted molar refractivity (Wildman–Crippen MR) is 49.2 cm³/mol. The van der Waals surface area contributed by atoms with Crippen LogP contribution in [0.25, 0.3) is 0 Å². The van der Waals surface area contributed by atoms with Gasteiger partial charge in [0, 0.05) is 0 Å². The second kappa shape index (κ2) is 3.28. The van der Waals surface area contributed by atoms with Crippen molar-refractivity contribution in [3.8, 4) is 0 Å². The molecular formula is C11H14O. The van der Waals surface area contributed by atoms with E-state index < -0.39 is 0 Å². The van der Waals surface area contributed by atoms with Gasteiger partial charge in [-0.3, -0.25) is 0 Å². The summed E-state index contributed by atoms with van der Waals surface area (Å²) in [5.41, 5.74) is 2.76. The summed E-state index contributed by atoms with van der Waals surface area (Å²) in [7, 11) is 0. The van der Waals surface area contributed by atoms with Crippen molar-refractivity contribution in [3.63, 3.8) is 0 Å². The van der Waals surface area contributed by atoms with Crippen LogP contribution in [0.15, 0.2) is 24.3 Å². The molecule has 1 saturated heterocycles. The Labute approximate surface area is 73.4 Å². The summed E-state index contributed by atoms with van der Waals surface area (Å²) in [4.78, 5) is 0. The van der Waals surface area contributed by atoms with Crippen LogP contribution < -0.4 is 0 Å². The molecule has 0 radical (unpaired) electrons. The van der Waals surface area contributed by atoms with E-state index >= 15 is 0 Å². The second-order valence-electron chi connectivity index (χ2n) is 3.48. The van der Waals surface area contributed by atoms with Gasteiger partial charge in [0.2, 0.25) is 0 Å². The molecule has 1 unspecified atom stereocenters. The first kappa shape index (κ1) is 7.81. The van der Waals surface area contributed by atoms with Gasteiger partial charge < -0.3 is 4.74 Å². The summed E-state index contributed by atoms with van der Waals surface area (Å²) in [5, 5.41) is 0. The van der Waals surface area contributed by atoms with Crippen LogP contribution in [0.5, 0.6) is 0 Å². The number of hydrogen-bond donors (Lipinski definition) is 0. The molecule has 1 aliphatic heterocycles. The summed E-state index contributed by atoms with van der Waals surface area (Å²) >= 11 is 0. The van der Waals surface area contributed by atoms with Gasteiger partial charge in [-0.2, -0.15) is 0 Å². The van der Waals surface area contributed by atoms with E-state index in [0.717, 1.165) is 13.0 Å². The molecule has 0 amide bonds. The van der Waals surface area contributed by atoms with Crippen molar-refractivity contribution >= 4 is 0 Å². The smallest absolute Gasteiger partial charge is 0.0813 e. The highest BCUT2D eigenvalue weighted by Gasteiger charge is 2.21. The Hall–Kier alpha value is -0.820. The Balaban J connectivity index is 1.89. The first-order chi connectivity index (χ1) is 5.84. The SMILES string of the molecule is Cc1ccc(CCC2CO2)cc1. The summed E-state index contributed by atoms with van der Waals surface area (Å²) in [6.07, 6.45) is 2.90. The maximum absolute atomic E-state index is 5.15. The van der Waals surface area contributed by atoms with Crippen molar-refractivity contribution in [2.75, 3.05) is 6.61 Å². The van der Waals surface area contributed by atoms with Crippen LogP contribution >= 0.6 is 0 Å². The third kappa shape index (κ3) is 2.08. The molecule has 1 aromatic carbocycles. The van der Waals surface area contributed by atoms with Crippen LogP contribution in [0, 0.1) is 6.92 Å². The Morgan fingerprint density at radius 2 is 2.00 bits per heavy atom. The van der Waals surface area contributed by atoms with Gasteiger partial charge in [0.15, 0.2) is 0 Å². The summed E-state index contributed by atoms with van der Waals surface area (Å²) in [5.74, 6) is 0. The molecule has 1 fully saturated rings. The third-order valence-corrected chi connectivity index (χ3v) is 2.28. The molecule has 2 rings (SSSR count). The van der Waals surface area contributed by atoms with Crippen molar-refractivity contribution in [1.29, 1.82) is 0 Å². The minimum atomic E-state index is 0.561. The molecule has 0 aromatic heterocycles. The van der Waals surface area contributed by atoms with Gasteiger partial charge in [-0.15, -0.1) is 0 Å². The molecule has 0 saturated carbocycles. The van der Waals surface area contributed by atoms with Crippen molar-refractivity contribution in [1.82, 2.24) is 0 Å². The zero-order chi connectivity index (χ0) is 8.39. The second-order valence-corrected chi connectivity index (χ2v) is 3.48. The van der Waals surface area contributed by atoms with Crippen LogP contribution in [0.1, 0.15) is 17.5 Å². The van der Waals surface area contributed by atoms with Gasteiger partial charge in [0.05, 0.1) is 12.7 Å². The molecule has 0 N–H and O–H groups in total. The molecular weight excluding hydrogens is 148 g/mol. The van der Waals surface area contributed by atoms with E-state index in [1.54, 1.807) is 0 Å². The van der Waals surface area contributed by atoms with Crippen LogP contribution in [0.4, 0.5) is 0 Å². The maximum Gasteiger partial charge on any atom is 0.0813 e. The zero-order valence-electron chi connectivity index (χ0n) is 7.42. The van der Waals surface area contributed by atoms with E-state index in [1.807, 2.05) is 0 Å². The number of ether oxygens (including phenoxy) is 1. The van der Waals surface area contributed by atoms with Crippen LogP contribution in [-0.4, -0.2) is 12.7 Å². The normalized spacial score (nSPS) is 20.9. The van der Waals surface area contributed by atoms with Crippen LogP contribution in [0.2, 0.25) is 0 Å². The Bertz CT molecular complexity index is 246. The molecule has 1 atom stereocenters. The van der Waals surface area contributed by atoms with Crippen molar-refractivity contribution < 1.29 is 4.74 Å². The number of epoxide rings is 1. The molecule has 64 valence electrons. The van der Waals surface area contributed by atoms with Crippen molar-refractivity contribution in [2.24, 2.45) is 0 Å². The average molecular weight is 162 g/mol. The first-order valence-electron chi connectivity index (χ1n) is 4.52. The van der Waals surface area contributed by atoms with Crippen molar-refractivity contribution in [2.45, 2.75) is 25.9 Å². The number of benzene rings is 1. The first-order valence-corrected chi connectivity index (χ1v) is 4.52. The monoisotopic (exact) mass is 162 g/mol. The van der Waals surface area contributed by atoms with Gasteiger partial charge in [-0.25, -0.2) is 0 Å². The van der Waals surface area contributed by atoms with E-state index in [9.17, 15) is 0 Å². The lowest BCUT2D eigenvalue weighted by Gasteiger charge is -1.99. The van der Waals surface area contributed by atoms with Gasteiger partial charge in [0.1, 0.15) is 0 Å². The minimum absolute atomic E-state index is 0.561. The lowest BCUT2D eigenvalue weighted by Crippen LogP contribution is -1.90. The average Bonchev–Trinajstić information content (AvgIpc) is 2.87. The highest BCUT2D eigenvalue weighted by Crippen LogP contribution is 2.16. The highest BCUT2D eigenvalue weighted by molar-refractivity contribution is 5.21. The largest absolute Gasteiger partial charge is 0.373 e.